The molecule has 152 valence electrons. The van der Waals surface area contributed by atoms with Crippen molar-refractivity contribution in [3.8, 4) is 11.5 Å². The van der Waals surface area contributed by atoms with Crippen LogP contribution in [0.2, 0.25) is 0 Å². The molecule has 29 heavy (non-hydrogen) atoms. The second-order valence-electron chi connectivity index (χ2n) is 7.10. The van der Waals surface area contributed by atoms with Gasteiger partial charge in [-0.05, 0) is 42.3 Å². The number of amides is 3. The number of nitrogens with zero attached hydrogens (tertiary/aromatic N) is 1. The van der Waals surface area contributed by atoms with Crippen LogP contribution in [0.4, 0.5) is 10.5 Å². The van der Waals surface area contributed by atoms with E-state index in [1.807, 2.05) is 54.3 Å². The lowest BCUT2D eigenvalue weighted by Gasteiger charge is -2.28. The summed E-state index contributed by atoms with van der Waals surface area (Å²) in [5.74, 6) is 1.46. The average Bonchev–Trinajstić information content (AvgIpc) is 3.20. The van der Waals surface area contributed by atoms with E-state index in [9.17, 15) is 9.59 Å². The molecule has 4 rings (SSSR count). The van der Waals surface area contributed by atoms with Crippen molar-refractivity contribution in [2.75, 3.05) is 31.3 Å². The van der Waals surface area contributed by atoms with Gasteiger partial charge in [0.2, 0.25) is 12.7 Å². The van der Waals surface area contributed by atoms with E-state index < -0.39 is 0 Å². The number of piperazine rings is 1. The minimum Gasteiger partial charge on any atom is -0.454 e. The predicted molar refractivity (Wildman–Crippen MR) is 108 cm³/mol. The van der Waals surface area contributed by atoms with E-state index >= 15 is 0 Å². The number of carbonyl (C=O) groups is 2. The summed E-state index contributed by atoms with van der Waals surface area (Å²) in [5.41, 5.74) is 2.94. The van der Waals surface area contributed by atoms with Crippen LogP contribution >= 0.6 is 0 Å². The third kappa shape index (κ3) is 4.53. The maximum Gasteiger partial charge on any atom is 0.315 e. The van der Waals surface area contributed by atoms with Gasteiger partial charge in [0, 0.05) is 25.3 Å². The smallest absolute Gasteiger partial charge is 0.315 e. The first-order chi connectivity index (χ1) is 14.1. The zero-order chi connectivity index (χ0) is 20.2. The number of ether oxygens (including phenoxy) is 2. The van der Waals surface area contributed by atoms with Crippen LogP contribution in [0.1, 0.15) is 24.1 Å². The van der Waals surface area contributed by atoms with Crippen LogP contribution in [-0.4, -0.2) is 38.4 Å². The molecule has 2 aliphatic heterocycles. The van der Waals surface area contributed by atoms with Crippen molar-refractivity contribution < 1.29 is 19.1 Å². The molecule has 2 heterocycles. The number of carbonyl (C=O) groups excluding carboxylic acids is 2. The number of hydrogen-bond donors (Lipinski definition) is 3. The van der Waals surface area contributed by atoms with Gasteiger partial charge in [0.15, 0.2) is 11.5 Å². The molecule has 1 saturated heterocycles. The van der Waals surface area contributed by atoms with Crippen molar-refractivity contribution in [1.82, 2.24) is 16.0 Å². The van der Waals surface area contributed by atoms with E-state index in [0.29, 0.717) is 25.4 Å². The van der Waals surface area contributed by atoms with Gasteiger partial charge in [0.05, 0.1) is 12.6 Å². The molecular weight excluding hydrogens is 372 g/mol. The Labute approximate surface area is 169 Å². The van der Waals surface area contributed by atoms with Crippen molar-refractivity contribution in [3.63, 3.8) is 0 Å². The number of anilines is 1. The highest BCUT2D eigenvalue weighted by molar-refractivity contribution is 5.82. The van der Waals surface area contributed by atoms with Gasteiger partial charge in [-0.2, -0.15) is 0 Å². The van der Waals surface area contributed by atoms with E-state index in [1.54, 1.807) is 0 Å². The first kappa shape index (κ1) is 18.9. The molecule has 0 radical (unpaired) electrons. The molecule has 1 fully saturated rings. The van der Waals surface area contributed by atoms with Crippen molar-refractivity contribution in [2.45, 2.75) is 19.5 Å². The fraction of sp³-hybridized carbons (Fsp3) is 0.333. The molecule has 3 N–H and O–H groups in total. The number of rotatable bonds is 5. The summed E-state index contributed by atoms with van der Waals surface area (Å²) in [5, 5.41) is 8.62. The summed E-state index contributed by atoms with van der Waals surface area (Å²) in [6.07, 6.45) is 0. The lowest BCUT2D eigenvalue weighted by molar-refractivity contribution is -0.120. The molecule has 0 aliphatic carbocycles. The Kier molecular flexibility index (Phi) is 5.41. The quantitative estimate of drug-likeness (QED) is 0.718. The van der Waals surface area contributed by atoms with Gasteiger partial charge in [-0.3, -0.25) is 4.79 Å². The van der Waals surface area contributed by atoms with Crippen LogP contribution in [0, 0.1) is 0 Å². The number of nitrogens with one attached hydrogen (secondary N) is 3. The Morgan fingerprint density at radius 3 is 2.76 bits per heavy atom. The largest absolute Gasteiger partial charge is 0.454 e. The van der Waals surface area contributed by atoms with Gasteiger partial charge < -0.3 is 30.3 Å². The van der Waals surface area contributed by atoms with Gasteiger partial charge in [-0.25, -0.2) is 4.79 Å². The van der Waals surface area contributed by atoms with E-state index in [2.05, 4.69) is 16.0 Å². The number of fused-ring (bicyclic) bond motifs is 1. The lowest BCUT2D eigenvalue weighted by atomic mass is 10.1. The molecule has 3 amide bonds. The van der Waals surface area contributed by atoms with Crippen molar-refractivity contribution in [2.24, 2.45) is 0 Å². The maximum atomic E-state index is 12.3. The van der Waals surface area contributed by atoms with Crippen LogP contribution in [0.5, 0.6) is 11.5 Å². The van der Waals surface area contributed by atoms with Gasteiger partial charge in [0.1, 0.15) is 0 Å². The van der Waals surface area contributed by atoms with Crippen molar-refractivity contribution in [3.05, 3.63) is 53.6 Å². The Balaban J connectivity index is 1.27. The summed E-state index contributed by atoms with van der Waals surface area (Å²) >= 11 is 0. The topological polar surface area (TPSA) is 91.9 Å². The minimum atomic E-state index is -0.244. The Bertz CT molecular complexity index is 900. The van der Waals surface area contributed by atoms with Gasteiger partial charge in [-0.1, -0.05) is 18.2 Å². The van der Waals surface area contributed by atoms with E-state index in [0.717, 1.165) is 29.1 Å². The van der Waals surface area contributed by atoms with Crippen LogP contribution < -0.4 is 30.3 Å². The van der Waals surface area contributed by atoms with Gasteiger partial charge >= 0.3 is 6.03 Å². The maximum absolute atomic E-state index is 12.3. The molecule has 0 bridgehead atoms. The molecule has 2 aliphatic rings. The molecule has 2 aromatic carbocycles. The highest BCUT2D eigenvalue weighted by Crippen LogP contribution is 2.34. The summed E-state index contributed by atoms with van der Waals surface area (Å²) in [4.78, 5) is 25.8. The van der Waals surface area contributed by atoms with Crippen LogP contribution in [-0.2, 0) is 11.3 Å². The summed E-state index contributed by atoms with van der Waals surface area (Å²) < 4.78 is 10.7. The zero-order valence-electron chi connectivity index (χ0n) is 16.2. The molecule has 1 unspecified atom stereocenters. The first-order valence-electron chi connectivity index (χ1n) is 9.63. The third-order valence-electron chi connectivity index (χ3n) is 5.04. The minimum absolute atomic E-state index is 0.0373. The fourth-order valence-corrected chi connectivity index (χ4v) is 3.38. The molecule has 8 heteroatoms. The summed E-state index contributed by atoms with van der Waals surface area (Å²) in [6, 6.07) is 13.1. The third-order valence-corrected chi connectivity index (χ3v) is 5.04. The van der Waals surface area contributed by atoms with Gasteiger partial charge in [0.25, 0.3) is 0 Å². The first-order valence-corrected chi connectivity index (χ1v) is 9.63. The van der Waals surface area contributed by atoms with E-state index in [1.165, 1.54) is 0 Å². The molecular formula is C21H24N4O4. The Hall–Kier alpha value is -3.42. The van der Waals surface area contributed by atoms with Crippen LogP contribution in [0.15, 0.2) is 42.5 Å². The normalized spacial score (nSPS) is 16.2. The standard InChI is InChI=1S/C21H24N4O4/c1-14(16-4-7-18-19(10-16)29-13-28-18)24-21(27)23-11-15-2-5-17(6-3-15)25-9-8-22-20(26)12-25/h2-7,10,14H,8-9,11-13H2,1H3,(H,22,26)(H2,23,24,27). The van der Waals surface area contributed by atoms with E-state index in [4.69, 9.17) is 9.47 Å². The lowest BCUT2D eigenvalue weighted by Crippen LogP contribution is -2.47. The molecule has 8 nitrogen and oxygen atoms in total. The second kappa shape index (κ2) is 8.30. The van der Waals surface area contributed by atoms with Crippen LogP contribution in [0.3, 0.4) is 0 Å². The number of hydrogen-bond acceptors (Lipinski definition) is 5. The molecule has 0 spiro atoms. The highest BCUT2D eigenvalue weighted by atomic mass is 16.7. The van der Waals surface area contributed by atoms with Crippen LogP contribution in [0.25, 0.3) is 0 Å². The van der Waals surface area contributed by atoms with E-state index in [-0.39, 0.29) is 24.8 Å². The average molecular weight is 396 g/mol. The molecule has 1 atom stereocenters. The second-order valence-corrected chi connectivity index (χ2v) is 7.10. The Morgan fingerprint density at radius 1 is 1.17 bits per heavy atom. The van der Waals surface area contributed by atoms with Crippen molar-refractivity contribution >= 4 is 17.6 Å². The number of urea groups is 1. The summed E-state index contributed by atoms with van der Waals surface area (Å²) in [7, 11) is 0. The Morgan fingerprint density at radius 2 is 1.97 bits per heavy atom. The highest BCUT2D eigenvalue weighted by Gasteiger charge is 2.18. The zero-order valence-corrected chi connectivity index (χ0v) is 16.2. The molecule has 0 saturated carbocycles. The monoisotopic (exact) mass is 396 g/mol. The number of benzene rings is 2. The molecule has 0 aromatic heterocycles. The van der Waals surface area contributed by atoms with Crippen molar-refractivity contribution in [1.29, 1.82) is 0 Å². The predicted octanol–water partition coefficient (Wildman–Crippen LogP) is 1.91. The molecule has 2 aromatic rings. The van der Waals surface area contributed by atoms with Gasteiger partial charge in [-0.15, -0.1) is 0 Å². The SMILES string of the molecule is CC(NC(=O)NCc1ccc(N2CCNC(=O)C2)cc1)c1ccc2c(c1)OCO2. The summed E-state index contributed by atoms with van der Waals surface area (Å²) in [6.45, 7) is 4.39. The fourth-order valence-electron chi connectivity index (χ4n) is 3.38.